The SMILES string of the molecule is CCOC(=O)c1cncc(Cc2ccc(C3CC(=O)CCCC3C)cc2)c1. The van der Waals surface area contributed by atoms with Crippen LogP contribution in [0.3, 0.4) is 0 Å². The molecule has 0 amide bonds. The van der Waals surface area contributed by atoms with Gasteiger partial charge >= 0.3 is 5.97 Å². The van der Waals surface area contributed by atoms with Gasteiger partial charge in [-0.15, -0.1) is 0 Å². The molecule has 2 atom stereocenters. The topological polar surface area (TPSA) is 56.3 Å². The van der Waals surface area contributed by atoms with E-state index in [-0.39, 0.29) is 5.97 Å². The fourth-order valence-corrected chi connectivity index (χ4v) is 3.85. The second kappa shape index (κ2) is 8.94. The highest BCUT2D eigenvalue weighted by atomic mass is 16.5. The normalized spacial score (nSPS) is 20.1. The molecule has 2 aromatic rings. The summed E-state index contributed by atoms with van der Waals surface area (Å²) in [5.74, 6) is 0.903. The van der Waals surface area contributed by atoms with Crippen LogP contribution in [-0.4, -0.2) is 23.3 Å². The average molecular weight is 365 g/mol. The van der Waals surface area contributed by atoms with Gasteiger partial charge in [0.2, 0.25) is 0 Å². The molecule has 1 aromatic carbocycles. The Kier molecular flexibility index (Phi) is 6.38. The molecule has 1 aromatic heterocycles. The first-order chi connectivity index (χ1) is 13.1. The summed E-state index contributed by atoms with van der Waals surface area (Å²) < 4.78 is 5.04. The standard InChI is InChI=1S/C23H27NO3/c1-3-27-23(26)20-12-18(14-24-15-20)11-17-7-9-19(10-8-17)22-13-21(25)6-4-5-16(22)2/h7-10,12,14-16,22H,3-6,11,13H2,1-2H3. The van der Waals surface area contributed by atoms with Gasteiger partial charge in [0, 0.05) is 25.2 Å². The molecule has 4 heteroatoms. The number of carbonyl (C=O) groups is 2. The van der Waals surface area contributed by atoms with E-state index in [1.807, 2.05) is 6.07 Å². The molecule has 2 unspecified atom stereocenters. The van der Waals surface area contributed by atoms with Crippen molar-refractivity contribution in [2.24, 2.45) is 5.92 Å². The lowest BCUT2D eigenvalue weighted by molar-refractivity contribution is -0.119. The molecule has 0 bridgehead atoms. The van der Waals surface area contributed by atoms with E-state index < -0.39 is 0 Å². The molecular formula is C23H27NO3. The van der Waals surface area contributed by atoms with Crippen molar-refractivity contribution in [3.63, 3.8) is 0 Å². The van der Waals surface area contributed by atoms with Crippen molar-refractivity contribution < 1.29 is 14.3 Å². The lowest BCUT2D eigenvalue weighted by atomic mass is 9.83. The van der Waals surface area contributed by atoms with E-state index in [0.29, 0.717) is 42.6 Å². The van der Waals surface area contributed by atoms with Crippen LogP contribution in [0.4, 0.5) is 0 Å². The Morgan fingerprint density at radius 1 is 1.19 bits per heavy atom. The Balaban J connectivity index is 1.71. The van der Waals surface area contributed by atoms with Crippen LogP contribution in [0.15, 0.2) is 42.7 Å². The molecule has 27 heavy (non-hydrogen) atoms. The van der Waals surface area contributed by atoms with Crippen molar-refractivity contribution in [1.82, 2.24) is 4.98 Å². The summed E-state index contributed by atoms with van der Waals surface area (Å²) >= 11 is 0. The Labute approximate surface area is 161 Å². The van der Waals surface area contributed by atoms with Crippen LogP contribution in [0.25, 0.3) is 0 Å². The predicted octanol–water partition coefficient (Wildman–Crippen LogP) is 4.71. The number of ketones is 1. The van der Waals surface area contributed by atoms with Crippen molar-refractivity contribution in [3.8, 4) is 0 Å². The maximum Gasteiger partial charge on any atom is 0.339 e. The molecule has 142 valence electrons. The maximum atomic E-state index is 12.0. The summed E-state index contributed by atoms with van der Waals surface area (Å²) in [5, 5.41) is 0. The predicted molar refractivity (Wildman–Crippen MR) is 105 cm³/mol. The Hall–Kier alpha value is -2.49. The Morgan fingerprint density at radius 2 is 1.96 bits per heavy atom. The van der Waals surface area contributed by atoms with Crippen molar-refractivity contribution in [2.45, 2.75) is 51.9 Å². The van der Waals surface area contributed by atoms with Gasteiger partial charge in [-0.25, -0.2) is 4.79 Å². The molecule has 1 saturated carbocycles. The molecule has 0 saturated heterocycles. The maximum absolute atomic E-state index is 12.0. The number of benzene rings is 1. The lowest BCUT2D eigenvalue weighted by Gasteiger charge is -2.21. The summed E-state index contributed by atoms with van der Waals surface area (Å²) in [5.41, 5.74) is 3.87. The number of pyridine rings is 1. The zero-order chi connectivity index (χ0) is 19.2. The van der Waals surface area contributed by atoms with Crippen LogP contribution in [0, 0.1) is 5.92 Å². The van der Waals surface area contributed by atoms with Crippen LogP contribution in [-0.2, 0) is 16.0 Å². The monoisotopic (exact) mass is 365 g/mol. The molecule has 0 spiro atoms. The van der Waals surface area contributed by atoms with Gasteiger partial charge in [-0.3, -0.25) is 9.78 Å². The summed E-state index contributed by atoms with van der Waals surface area (Å²) in [6, 6.07) is 10.4. The number of nitrogens with zero attached hydrogens (tertiary/aromatic N) is 1. The molecule has 0 radical (unpaired) electrons. The minimum Gasteiger partial charge on any atom is -0.462 e. The molecule has 0 aliphatic heterocycles. The third kappa shape index (κ3) is 5.03. The smallest absolute Gasteiger partial charge is 0.339 e. The molecule has 1 aliphatic carbocycles. The number of esters is 1. The van der Waals surface area contributed by atoms with E-state index >= 15 is 0 Å². The highest BCUT2D eigenvalue weighted by molar-refractivity contribution is 5.89. The fraction of sp³-hybridized carbons (Fsp3) is 0.435. The largest absolute Gasteiger partial charge is 0.462 e. The minimum absolute atomic E-state index is 0.322. The molecule has 0 N–H and O–H groups in total. The van der Waals surface area contributed by atoms with Gasteiger partial charge in [0.25, 0.3) is 0 Å². The average Bonchev–Trinajstić information content (AvgIpc) is 2.83. The molecule has 3 rings (SSSR count). The van der Waals surface area contributed by atoms with Gasteiger partial charge in [-0.05, 0) is 60.8 Å². The summed E-state index contributed by atoms with van der Waals surface area (Å²) in [6.07, 6.45) is 7.54. The van der Waals surface area contributed by atoms with Crippen LogP contribution in [0.5, 0.6) is 0 Å². The summed E-state index contributed by atoms with van der Waals surface area (Å²) in [7, 11) is 0. The molecule has 1 aliphatic rings. The number of Topliss-reactive ketones (excluding diaryl/α,β-unsaturated/α-hetero) is 1. The minimum atomic E-state index is -0.339. The molecule has 4 nitrogen and oxygen atoms in total. The first kappa shape index (κ1) is 19.3. The Bertz CT molecular complexity index is 798. The van der Waals surface area contributed by atoms with Crippen molar-refractivity contribution in [2.75, 3.05) is 6.61 Å². The van der Waals surface area contributed by atoms with E-state index in [4.69, 9.17) is 4.74 Å². The number of carbonyl (C=O) groups excluding carboxylic acids is 2. The lowest BCUT2D eigenvalue weighted by Crippen LogP contribution is -2.11. The van der Waals surface area contributed by atoms with Gasteiger partial charge in [0.05, 0.1) is 12.2 Å². The second-order valence-electron chi connectivity index (χ2n) is 7.44. The molecule has 1 heterocycles. The highest BCUT2D eigenvalue weighted by Crippen LogP contribution is 2.35. The second-order valence-corrected chi connectivity index (χ2v) is 7.44. The van der Waals surface area contributed by atoms with Crippen molar-refractivity contribution in [3.05, 3.63) is 65.0 Å². The number of aromatic nitrogens is 1. The zero-order valence-corrected chi connectivity index (χ0v) is 16.1. The van der Waals surface area contributed by atoms with Crippen LogP contribution in [0.2, 0.25) is 0 Å². The zero-order valence-electron chi connectivity index (χ0n) is 16.1. The quantitative estimate of drug-likeness (QED) is 0.569. The van der Waals surface area contributed by atoms with E-state index in [2.05, 4.69) is 36.2 Å². The first-order valence-electron chi connectivity index (χ1n) is 9.78. The van der Waals surface area contributed by atoms with Crippen molar-refractivity contribution >= 4 is 11.8 Å². The van der Waals surface area contributed by atoms with Gasteiger partial charge in [-0.2, -0.15) is 0 Å². The van der Waals surface area contributed by atoms with E-state index in [9.17, 15) is 9.59 Å². The van der Waals surface area contributed by atoms with Crippen LogP contribution >= 0.6 is 0 Å². The molecule has 1 fully saturated rings. The van der Waals surface area contributed by atoms with Gasteiger partial charge in [0.15, 0.2) is 0 Å². The number of ether oxygens (including phenoxy) is 1. The first-order valence-corrected chi connectivity index (χ1v) is 9.78. The summed E-state index contributed by atoms with van der Waals surface area (Å²) in [4.78, 5) is 28.0. The number of hydrogen-bond donors (Lipinski definition) is 0. The summed E-state index contributed by atoms with van der Waals surface area (Å²) in [6.45, 7) is 4.40. The number of hydrogen-bond acceptors (Lipinski definition) is 4. The van der Waals surface area contributed by atoms with E-state index in [1.165, 1.54) is 11.8 Å². The number of rotatable bonds is 5. The van der Waals surface area contributed by atoms with Crippen LogP contribution in [0.1, 0.15) is 72.5 Å². The Morgan fingerprint density at radius 3 is 2.70 bits per heavy atom. The van der Waals surface area contributed by atoms with E-state index in [0.717, 1.165) is 30.4 Å². The fourth-order valence-electron chi connectivity index (χ4n) is 3.85. The third-order valence-corrected chi connectivity index (χ3v) is 5.37. The van der Waals surface area contributed by atoms with Gasteiger partial charge < -0.3 is 4.74 Å². The molecular weight excluding hydrogens is 338 g/mol. The van der Waals surface area contributed by atoms with Gasteiger partial charge in [-0.1, -0.05) is 31.2 Å². The van der Waals surface area contributed by atoms with Crippen molar-refractivity contribution in [1.29, 1.82) is 0 Å². The highest BCUT2D eigenvalue weighted by Gasteiger charge is 2.25. The third-order valence-electron chi connectivity index (χ3n) is 5.37. The van der Waals surface area contributed by atoms with Gasteiger partial charge in [0.1, 0.15) is 5.78 Å². The van der Waals surface area contributed by atoms with E-state index in [1.54, 1.807) is 13.1 Å². The van der Waals surface area contributed by atoms with Crippen LogP contribution < -0.4 is 0 Å².